The second kappa shape index (κ2) is 5.24. The van der Waals surface area contributed by atoms with Gasteiger partial charge in [-0.3, -0.25) is 0 Å². The molecule has 0 aromatic carbocycles. The highest BCUT2D eigenvalue weighted by Gasteiger charge is 2.10. The Bertz CT molecular complexity index is 322. The maximum atomic E-state index is 11.3. The van der Waals surface area contributed by atoms with Crippen LogP contribution in [0.2, 0.25) is 0 Å². The van der Waals surface area contributed by atoms with Crippen molar-refractivity contribution in [3.05, 3.63) is 30.1 Å². The number of hydrogen-bond donors (Lipinski definition) is 1. The van der Waals surface area contributed by atoms with Gasteiger partial charge in [0, 0.05) is 6.20 Å². The van der Waals surface area contributed by atoms with E-state index in [2.05, 4.69) is 11.6 Å². The lowest BCUT2D eigenvalue weighted by Gasteiger charge is -2.02. The van der Waals surface area contributed by atoms with Crippen LogP contribution < -0.4 is 0 Å². The van der Waals surface area contributed by atoms with E-state index in [4.69, 9.17) is 9.47 Å². The monoisotopic (exact) mass is 209 g/mol. The van der Waals surface area contributed by atoms with E-state index in [0.717, 1.165) is 0 Å². The van der Waals surface area contributed by atoms with Gasteiger partial charge in [0.25, 0.3) is 0 Å². The molecule has 15 heavy (non-hydrogen) atoms. The first-order valence-electron chi connectivity index (χ1n) is 4.86. The van der Waals surface area contributed by atoms with Gasteiger partial charge in [-0.1, -0.05) is 6.58 Å². The molecule has 1 N–H and O–H groups in total. The number of rotatable bonds is 5. The van der Waals surface area contributed by atoms with Crippen LogP contribution in [0.5, 0.6) is 0 Å². The zero-order chi connectivity index (χ0) is 11.3. The standard InChI is InChI=1S/C11H15NO3/c1-4-14-8(3)10-6-9(7-12-10)11(13)15-5-2/h6-7,12H,3-5H2,1-2H3. The van der Waals surface area contributed by atoms with Crippen molar-refractivity contribution in [3.8, 4) is 0 Å². The average molecular weight is 209 g/mol. The van der Waals surface area contributed by atoms with Gasteiger partial charge in [-0.2, -0.15) is 0 Å². The average Bonchev–Trinajstić information content (AvgIpc) is 2.67. The van der Waals surface area contributed by atoms with Gasteiger partial charge in [-0.05, 0) is 19.9 Å². The predicted molar refractivity (Wildman–Crippen MR) is 57.4 cm³/mol. The maximum absolute atomic E-state index is 11.3. The predicted octanol–water partition coefficient (Wildman–Crippen LogP) is 2.20. The quantitative estimate of drug-likeness (QED) is 0.597. The van der Waals surface area contributed by atoms with Crippen LogP contribution in [0.15, 0.2) is 18.8 Å². The highest BCUT2D eigenvalue weighted by molar-refractivity contribution is 5.90. The summed E-state index contributed by atoms with van der Waals surface area (Å²) < 4.78 is 10.1. The molecule has 0 saturated heterocycles. The highest BCUT2D eigenvalue weighted by atomic mass is 16.5. The molecule has 0 atom stereocenters. The lowest BCUT2D eigenvalue weighted by Crippen LogP contribution is -2.02. The number of nitrogens with one attached hydrogen (secondary N) is 1. The minimum absolute atomic E-state index is 0.343. The maximum Gasteiger partial charge on any atom is 0.339 e. The SMILES string of the molecule is C=C(OCC)c1cc(C(=O)OCC)c[nH]1. The van der Waals surface area contributed by atoms with E-state index in [1.807, 2.05) is 6.92 Å². The molecule has 0 saturated carbocycles. The number of aromatic nitrogens is 1. The van der Waals surface area contributed by atoms with E-state index in [1.165, 1.54) is 0 Å². The minimum Gasteiger partial charge on any atom is -0.492 e. The molecule has 0 aliphatic heterocycles. The van der Waals surface area contributed by atoms with Gasteiger partial charge in [0.1, 0.15) is 5.76 Å². The van der Waals surface area contributed by atoms with Gasteiger partial charge in [0.05, 0.1) is 24.5 Å². The highest BCUT2D eigenvalue weighted by Crippen LogP contribution is 2.14. The van der Waals surface area contributed by atoms with Crippen LogP contribution in [-0.2, 0) is 9.47 Å². The molecule has 0 aliphatic carbocycles. The van der Waals surface area contributed by atoms with Gasteiger partial charge in [0.2, 0.25) is 0 Å². The molecule has 4 nitrogen and oxygen atoms in total. The fraction of sp³-hybridized carbons (Fsp3) is 0.364. The van der Waals surface area contributed by atoms with E-state index >= 15 is 0 Å². The number of ether oxygens (including phenoxy) is 2. The van der Waals surface area contributed by atoms with Crippen molar-refractivity contribution in [3.63, 3.8) is 0 Å². The zero-order valence-corrected chi connectivity index (χ0v) is 9.00. The normalized spacial score (nSPS) is 9.73. The first-order valence-corrected chi connectivity index (χ1v) is 4.86. The summed E-state index contributed by atoms with van der Waals surface area (Å²) in [7, 11) is 0. The summed E-state index contributed by atoms with van der Waals surface area (Å²) >= 11 is 0. The summed E-state index contributed by atoms with van der Waals surface area (Å²) in [6, 6.07) is 1.66. The second-order valence-corrected chi connectivity index (χ2v) is 2.88. The van der Waals surface area contributed by atoms with Crippen LogP contribution >= 0.6 is 0 Å². The van der Waals surface area contributed by atoms with Crippen molar-refractivity contribution in [2.75, 3.05) is 13.2 Å². The van der Waals surface area contributed by atoms with Gasteiger partial charge in [0.15, 0.2) is 0 Å². The van der Waals surface area contributed by atoms with Gasteiger partial charge in [-0.25, -0.2) is 4.79 Å². The van der Waals surface area contributed by atoms with E-state index < -0.39 is 0 Å². The number of carbonyl (C=O) groups excluding carboxylic acids is 1. The van der Waals surface area contributed by atoms with Crippen molar-refractivity contribution in [1.82, 2.24) is 4.98 Å². The summed E-state index contributed by atoms with van der Waals surface area (Å²) in [6.07, 6.45) is 1.58. The fourth-order valence-electron chi connectivity index (χ4n) is 1.14. The molecular weight excluding hydrogens is 194 g/mol. The Hall–Kier alpha value is -1.71. The van der Waals surface area contributed by atoms with Crippen molar-refractivity contribution >= 4 is 11.7 Å². The van der Waals surface area contributed by atoms with E-state index in [0.29, 0.717) is 30.2 Å². The molecule has 1 aromatic heterocycles. The molecule has 0 bridgehead atoms. The molecular formula is C11H15NO3. The number of hydrogen-bond acceptors (Lipinski definition) is 3. The molecule has 0 aliphatic rings. The zero-order valence-electron chi connectivity index (χ0n) is 9.00. The Morgan fingerprint density at radius 2 is 2.07 bits per heavy atom. The third-order valence-corrected chi connectivity index (χ3v) is 1.81. The molecule has 82 valence electrons. The first kappa shape index (κ1) is 11.4. The van der Waals surface area contributed by atoms with Crippen LogP contribution in [0.25, 0.3) is 5.76 Å². The number of carbonyl (C=O) groups is 1. The molecule has 0 fully saturated rings. The van der Waals surface area contributed by atoms with Crippen LogP contribution in [-0.4, -0.2) is 24.2 Å². The van der Waals surface area contributed by atoms with Crippen LogP contribution in [0, 0.1) is 0 Å². The molecule has 0 unspecified atom stereocenters. The minimum atomic E-state index is -0.343. The Morgan fingerprint density at radius 3 is 2.67 bits per heavy atom. The number of H-pyrrole nitrogens is 1. The van der Waals surface area contributed by atoms with Crippen molar-refractivity contribution in [2.45, 2.75) is 13.8 Å². The Morgan fingerprint density at radius 1 is 1.40 bits per heavy atom. The second-order valence-electron chi connectivity index (χ2n) is 2.88. The molecule has 0 radical (unpaired) electrons. The van der Waals surface area contributed by atoms with E-state index in [1.54, 1.807) is 19.2 Å². The van der Waals surface area contributed by atoms with Crippen molar-refractivity contribution < 1.29 is 14.3 Å². The van der Waals surface area contributed by atoms with Crippen LogP contribution in [0.1, 0.15) is 29.9 Å². The Kier molecular flexibility index (Phi) is 3.97. The van der Waals surface area contributed by atoms with E-state index in [-0.39, 0.29) is 5.97 Å². The molecule has 1 aromatic rings. The fourth-order valence-corrected chi connectivity index (χ4v) is 1.14. The topological polar surface area (TPSA) is 51.3 Å². The van der Waals surface area contributed by atoms with Crippen molar-refractivity contribution in [1.29, 1.82) is 0 Å². The lowest BCUT2D eigenvalue weighted by atomic mass is 10.3. The summed E-state index contributed by atoms with van der Waals surface area (Å²) in [5.74, 6) is 0.178. The van der Waals surface area contributed by atoms with E-state index in [9.17, 15) is 4.79 Å². The van der Waals surface area contributed by atoms with Crippen LogP contribution in [0.4, 0.5) is 0 Å². The molecule has 0 amide bonds. The van der Waals surface area contributed by atoms with Gasteiger partial charge < -0.3 is 14.5 Å². The molecule has 1 heterocycles. The van der Waals surface area contributed by atoms with Gasteiger partial charge in [-0.15, -0.1) is 0 Å². The first-order chi connectivity index (χ1) is 7.19. The lowest BCUT2D eigenvalue weighted by molar-refractivity contribution is 0.0526. The number of aromatic amines is 1. The summed E-state index contributed by atoms with van der Waals surface area (Å²) in [5.41, 5.74) is 1.17. The third kappa shape index (κ3) is 2.87. The Labute approximate surface area is 88.9 Å². The molecule has 4 heteroatoms. The van der Waals surface area contributed by atoms with Crippen molar-refractivity contribution in [2.24, 2.45) is 0 Å². The summed E-state index contributed by atoms with van der Waals surface area (Å²) in [5, 5.41) is 0. The molecule has 1 rings (SSSR count). The summed E-state index contributed by atoms with van der Waals surface area (Å²) in [6.45, 7) is 8.29. The smallest absolute Gasteiger partial charge is 0.339 e. The third-order valence-electron chi connectivity index (χ3n) is 1.81. The number of esters is 1. The molecule has 0 spiro atoms. The largest absolute Gasteiger partial charge is 0.492 e. The Balaban J connectivity index is 2.71. The summed E-state index contributed by atoms with van der Waals surface area (Å²) in [4.78, 5) is 14.2. The van der Waals surface area contributed by atoms with Crippen LogP contribution in [0.3, 0.4) is 0 Å². The van der Waals surface area contributed by atoms with Gasteiger partial charge >= 0.3 is 5.97 Å².